The Morgan fingerprint density at radius 1 is 1.14 bits per heavy atom. The molecule has 0 aliphatic rings. The van der Waals surface area contributed by atoms with Crippen LogP contribution in [0.4, 0.5) is 0 Å². The van der Waals surface area contributed by atoms with Crippen LogP contribution in [-0.4, -0.2) is 27.3 Å². The first-order valence-electron chi connectivity index (χ1n) is 7.08. The van der Waals surface area contributed by atoms with Gasteiger partial charge in [0.15, 0.2) is 11.5 Å². The molecule has 0 radical (unpaired) electrons. The Morgan fingerprint density at radius 2 is 1.76 bits per heavy atom. The molecule has 0 spiro atoms. The van der Waals surface area contributed by atoms with E-state index in [-0.39, 0.29) is 12.0 Å². The number of unbranched alkanes of at least 4 members (excludes halogenated alkanes) is 1. The zero-order valence-electron chi connectivity index (χ0n) is 13.3. The minimum atomic E-state index is -0.175. The van der Waals surface area contributed by atoms with Crippen molar-refractivity contribution in [2.45, 2.75) is 38.6 Å². The molecular weight excluding hydrogens is 270 g/mol. The molecule has 118 valence electrons. The van der Waals surface area contributed by atoms with E-state index in [0.717, 1.165) is 30.4 Å². The molecule has 0 fully saturated rings. The Balaban J connectivity index is 2.65. The summed E-state index contributed by atoms with van der Waals surface area (Å²) in [6, 6.07) is 3.78. The summed E-state index contributed by atoms with van der Waals surface area (Å²) in [6.07, 6.45) is 2.91. The van der Waals surface area contributed by atoms with Gasteiger partial charge in [-0.15, -0.1) is 0 Å². The fourth-order valence-electron chi connectivity index (χ4n) is 2.29. The third-order valence-electron chi connectivity index (χ3n) is 3.55. The Kier molecular flexibility index (Phi) is 7.02. The predicted molar refractivity (Wildman–Crippen MR) is 81.7 cm³/mol. The first-order chi connectivity index (χ1) is 10.0. The standard InChI is InChI=1S/C16H25NO4/c1-11-9-14(19-2)15(20-3)10-12(11)13(17)7-5-6-8-16(18)21-4/h9-10,13H,5-8,17H2,1-4H3. The summed E-state index contributed by atoms with van der Waals surface area (Å²) >= 11 is 0. The van der Waals surface area contributed by atoms with E-state index in [1.165, 1.54) is 7.11 Å². The van der Waals surface area contributed by atoms with E-state index in [4.69, 9.17) is 15.2 Å². The van der Waals surface area contributed by atoms with E-state index in [2.05, 4.69) is 4.74 Å². The number of ether oxygens (including phenoxy) is 3. The second-order valence-corrected chi connectivity index (χ2v) is 4.99. The fourth-order valence-corrected chi connectivity index (χ4v) is 2.29. The van der Waals surface area contributed by atoms with Gasteiger partial charge in [-0.2, -0.15) is 0 Å². The molecular formula is C16H25NO4. The molecule has 5 nitrogen and oxygen atoms in total. The number of hydrogen-bond donors (Lipinski definition) is 1. The van der Waals surface area contributed by atoms with Crippen molar-refractivity contribution >= 4 is 5.97 Å². The highest BCUT2D eigenvalue weighted by Gasteiger charge is 2.14. The quantitative estimate of drug-likeness (QED) is 0.590. The van der Waals surface area contributed by atoms with Crippen LogP contribution in [0.3, 0.4) is 0 Å². The van der Waals surface area contributed by atoms with Crippen LogP contribution in [0.25, 0.3) is 0 Å². The Morgan fingerprint density at radius 3 is 2.33 bits per heavy atom. The maximum absolute atomic E-state index is 11.1. The number of aryl methyl sites for hydroxylation is 1. The number of methoxy groups -OCH3 is 3. The van der Waals surface area contributed by atoms with E-state index in [1.54, 1.807) is 14.2 Å². The van der Waals surface area contributed by atoms with Crippen molar-refractivity contribution in [1.29, 1.82) is 0 Å². The van der Waals surface area contributed by atoms with Crippen molar-refractivity contribution < 1.29 is 19.0 Å². The molecule has 1 atom stereocenters. The second-order valence-electron chi connectivity index (χ2n) is 4.99. The lowest BCUT2D eigenvalue weighted by atomic mass is 9.96. The van der Waals surface area contributed by atoms with Gasteiger partial charge in [-0.1, -0.05) is 6.42 Å². The Hall–Kier alpha value is -1.75. The van der Waals surface area contributed by atoms with Gasteiger partial charge < -0.3 is 19.9 Å². The van der Waals surface area contributed by atoms with Crippen LogP contribution in [0.15, 0.2) is 12.1 Å². The minimum Gasteiger partial charge on any atom is -0.493 e. The van der Waals surface area contributed by atoms with E-state index >= 15 is 0 Å². The summed E-state index contributed by atoms with van der Waals surface area (Å²) < 4.78 is 15.2. The number of benzene rings is 1. The molecule has 0 heterocycles. The highest BCUT2D eigenvalue weighted by molar-refractivity contribution is 5.68. The SMILES string of the molecule is COC(=O)CCCCC(N)c1cc(OC)c(OC)cc1C. The number of nitrogens with two attached hydrogens (primary N) is 1. The highest BCUT2D eigenvalue weighted by Crippen LogP contribution is 2.33. The third-order valence-corrected chi connectivity index (χ3v) is 3.55. The minimum absolute atomic E-state index is 0.0811. The van der Waals surface area contributed by atoms with E-state index in [9.17, 15) is 4.79 Å². The molecule has 1 unspecified atom stereocenters. The van der Waals surface area contributed by atoms with Gasteiger partial charge in [-0.3, -0.25) is 4.79 Å². The maximum atomic E-state index is 11.1. The average Bonchev–Trinajstić information content (AvgIpc) is 2.50. The van der Waals surface area contributed by atoms with Gasteiger partial charge in [0.05, 0.1) is 21.3 Å². The zero-order chi connectivity index (χ0) is 15.8. The van der Waals surface area contributed by atoms with Gasteiger partial charge in [0.25, 0.3) is 0 Å². The molecule has 1 aromatic carbocycles. The first kappa shape index (κ1) is 17.3. The van der Waals surface area contributed by atoms with Crippen LogP contribution < -0.4 is 15.2 Å². The smallest absolute Gasteiger partial charge is 0.305 e. The Bertz CT molecular complexity index is 474. The predicted octanol–water partition coefficient (Wildman–Crippen LogP) is 2.75. The summed E-state index contributed by atoms with van der Waals surface area (Å²) in [5, 5.41) is 0. The number of carbonyl (C=O) groups excluding carboxylic acids is 1. The zero-order valence-corrected chi connectivity index (χ0v) is 13.3. The average molecular weight is 295 g/mol. The summed E-state index contributed by atoms with van der Waals surface area (Å²) in [6.45, 7) is 2.01. The van der Waals surface area contributed by atoms with Crippen molar-refractivity contribution in [2.75, 3.05) is 21.3 Å². The van der Waals surface area contributed by atoms with Crippen molar-refractivity contribution in [3.63, 3.8) is 0 Å². The number of rotatable bonds is 8. The van der Waals surface area contributed by atoms with E-state index in [0.29, 0.717) is 17.9 Å². The largest absolute Gasteiger partial charge is 0.493 e. The summed E-state index contributed by atoms with van der Waals surface area (Å²) in [4.78, 5) is 11.1. The summed E-state index contributed by atoms with van der Waals surface area (Å²) in [7, 11) is 4.63. The van der Waals surface area contributed by atoms with Gasteiger partial charge in [0.1, 0.15) is 0 Å². The number of esters is 1. The fraction of sp³-hybridized carbons (Fsp3) is 0.562. The lowest BCUT2D eigenvalue weighted by Crippen LogP contribution is -2.12. The van der Waals surface area contributed by atoms with Gasteiger partial charge in [0.2, 0.25) is 0 Å². The summed E-state index contributed by atoms with van der Waals surface area (Å²) in [5.41, 5.74) is 8.37. The molecule has 0 aliphatic heterocycles. The van der Waals surface area contributed by atoms with E-state index < -0.39 is 0 Å². The molecule has 0 amide bonds. The van der Waals surface area contributed by atoms with Gasteiger partial charge in [-0.25, -0.2) is 0 Å². The van der Waals surface area contributed by atoms with Crippen LogP contribution in [0.2, 0.25) is 0 Å². The summed E-state index contributed by atoms with van der Waals surface area (Å²) in [5.74, 6) is 1.21. The normalized spacial score (nSPS) is 11.9. The van der Waals surface area contributed by atoms with Crippen molar-refractivity contribution in [3.05, 3.63) is 23.3 Å². The molecule has 0 saturated carbocycles. The molecule has 5 heteroatoms. The Labute approximate surface area is 126 Å². The molecule has 1 rings (SSSR count). The van der Waals surface area contributed by atoms with Gasteiger partial charge >= 0.3 is 5.97 Å². The highest BCUT2D eigenvalue weighted by atomic mass is 16.5. The second kappa shape index (κ2) is 8.52. The van der Waals surface area contributed by atoms with Crippen LogP contribution >= 0.6 is 0 Å². The third kappa shape index (κ3) is 4.93. The van der Waals surface area contributed by atoms with Crippen LogP contribution in [0.5, 0.6) is 11.5 Å². The van der Waals surface area contributed by atoms with Crippen LogP contribution in [0, 0.1) is 6.92 Å². The first-order valence-corrected chi connectivity index (χ1v) is 7.08. The van der Waals surface area contributed by atoms with Crippen molar-refractivity contribution in [3.8, 4) is 11.5 Å². The topological polar surface area (TPSA) is 70.8 Å². The monoisotopic (exact) mass is 295 g/mol. The van der Waals surface area contributed by atoms with Gasteiger partial charge in [0, 0.05) is 12.5 Å². The maximum Gasteiger partial charge on any atom is 0.305 e. The molecule has 0 saturated heterocycles. The number of carbonyl (C=O) groups is 1. The molecule has 0 aliphatic carbocycles. The van der Waals surface area contributed by atoms with Crippen LogP contribution in [0.1, 0.15) is 42.9 Å². The molecule has 0 bridgehead atoms. The molecule has 21 heavy (non-hydrogen) atoms. The van der Waals surface area contributed by atoms with Gasteiger partial charge in [-0.05, 0) is 43.0 Å². The van der Waals surface area contributed by atoms with Crippen LogP contribution in [-0.2, 0) is 9.53 Å². The molecule has 1 aromatic rings. The van der Waals surface area contributed by atoms with E-state index in [1.807, 2.05) is 19.1 Å². The molecule has 0 aromatic heterocycles. The lowest BCUT2D eigenvalue weighted by molar-refractivity contribution is -0.140. The van der Waals surface area contributed by atoms with Crippen molar-refractivity contribution in [1.82, 2.24) is 0 Å². The molecule has 2 N–H and O–H groups in total. The van der Waals surface area contributed by atoms with Crippen molar-refractivity contribution in [2.24, 2.45) is 5.73 Å². The number of hydrogen-bond acceptors (Lipinski definition) is 5. The lowest BCUT2D eigenvalue weighted by Gasteiger charge is -2.17.